The number of aromatic nitrogens is 1. The van der Waals surface area contributed by atoms with Crippen molar-refractivity contribution in [1.29, 1.82) is 0 Å². The number of carbonyl (C=O) groups excluding carboxylic acids is 1. The van der Waals surface area contributed by atoms with Gasteiger partial charge in [0.05, 0.1) is 16.3 Å². The summed E-state index contributed by atoms with van der Waals surface area (Å²) in [5.41, 5.74) is 1.23. The lowest BCUT2D eigenvalue weighted by Gasteiger charge is -2.32. The molecular weight excluding hydrogens is 299 g/mol. The van der Waals surface area contributed by atoms with Crippen molar-refractivity contribution in [1.82, 2.24) is 9.88 Å². The molecule has 3 rings (SSSR count). The third-order valence-corrected chi connectivity index (χ3v) is 5.44. The summed E-state index contributed by atoms with van der Waals surface area (Å²) >= 11 is 1.71. The van der Waals surface area contributed by atoms with E-state index >= 15 is 0 Å². The summed E-state index contributed by atoms with van der Waals surface area (Å²) < 4.78 is 13.8. The number of likely N-dealkylation sites (tertiary alicyclic amines) is 1. The Morgan fingerprint density at radius 3 is 2.82 bits per heavy atom. The first-order valence-corrected chi connectivity index (χ1v) is 8.35. The van der Waals surface area contributed by atoms with E-state index in [0.717, 1.165) is 23.5 Å². The van der Waals surface area contributed by atoms with E-state index in [1.807, 2.05) is 6.92 Å². The summed E-state index contributed by atoms with van der Waals surface area (Å²) in [4.78, 5) is 20.2. The number of benzene rings is 1. The maximum Gasteiger partial charge on any atom is 0.256 e. The molecule has 0 saturated carbocycles. The van der Waals surface area contributed by atoms with Gasteiger partial charge in [-0.3, -0.25) is 4.79 Å². The molecule has 1 aliphatic heterocycles. The van der Waals surface area contributed by atoms with Crippen LogP contribution in [0.15, 0.2) is 24.3 Å². The van der Waals surface area contributed by atoms with Gasteiger partial charge in [-0.2, -0.15) is 0 Å². The van der Waals surface area contributed by atoms with Crippen LogP contribution in [0.3, 0.4) is 0 Å². The first-order valence-electron chi connectivity index (χ1n) is 7.54. The third kappa shape index (κ3) is 2.90. The van der Waals surface area contributed by atoms with Crippen molar-refractivity contribution in [2.45, 2.75) is 32.6 Å². The predicted octanol–water partition coefficient (Wildman–Crippen LogP) is 3.92. The molecule has 3 nitrogen and oxygen atoms in total. The van der Waals surface area contributed by atoms with Crippen molar-refractivity contribution < 1.29 is 9.18 Å². The van der Waals surface area contributed by atoms with Crippen LogP contribution in [-0.4, -0.2) is 28.9 Å². The van der Waals surface area contributed by atoms with Crippen LogP contribution in [0.1, 0.15) is 44.7 Å². The van der Waals surface area contributed by atoms with Crippen molar-refractivity contribution in [3.8, 4) is 0 Å². The summed E-state index contributed by atoms with van der Waals surface area (Å²) in [6, 6.07) is 6.19. The molecule has 0 N–H and O–H groups in total. The molecule has 1 aliphatic rings. The minimum absolute atomic E-state index is 0.162. The normalized spacial score (nSPS) is 18.5. The van der Waals surface area contributed by atoms with Crippen molar-refractivity contribution in [3.63, 3.8) is 0 Å². The SMILES string of the molecule is Cc1nc([C@H]2CCCN(C(=O)c3ccccc3F)C2)sc1C. The van der Waals surface area contributed by atoms with Gasteiger partial charge in [-0.05, 0) is 38.8 Å². The van der Waals surface area contributed by atoms with Crippen LogP contribution in [0, 0.1) is 19.7 Å². The fraction of sp³-hybridized carbons (Fsp3) is 0.412. The van der Waals surface area contributed by atoms with Crippen molar-refractivity contribution in [3.05, 3.63) is 51.2 Å². The number of halogens is 1. The molecule has 1 fully saturated rings. The maximum atomic E-state index is 13.8. The zero-order valence-electron chi connectivity index (χ0n) is 12.8. The molecule has 1 amide bonds. The van der Waals surface area contributed by atoms with E-state index in [4.69, 9.17) is 0 Å². The first-order chi connectivity index (χ1) is 10.6. The van der Waals surface area contributed by atoms with Crippen LogP contribution < -0.4 is 0 Å². The molecule has 0 spiro atoms. The number of amides is 1. The predicted molar refractivity (Wildman–Crippen MR) is 85.9 cm³/mol. The van der Waals surface area contributed by atoms with Gasteiger partial charge in [-0.1, -0.05) is 12.1 Å². The maximum absolute atomic E-state index is 13.8. The standard InChI is InChI=1S/C17H19FN2OS/c1-11-12(2)22-16(19-11)13-6-5-9-20(10-13)17(21)14-7-3-4-8-15(14)18/h3-4,7-8,13H,5-6,9-10H2,1-2H3/t13-/m0/s1. The lowest BCUT2D eigenvalue weighted by molar-refractivity contribution is 0.0702. The lowest BCUT2D eigenvalue weighted by atomic mass is 9.98. The van der Waals surface area contributed by atoms with Gasteiger partial charge in [0.1, 0.15) is 5.82 Å². The summed E-state index contributed by atoms with van der Waals surface area (Å²) in [5.74, 6) is -0.398. The van der Waals surface area contributed by atoms with Crippen LogP contribution in [0.25, 0.3) is 0 Å². The van der Waals surface area contributed by atoms with Crippen molar-refractivity contribution in [2.24, 2.45) is 0 Å². The minimum Gasteiger partial charge on any atom is -0.338 e. The highest BCUT2D eigenvalue weighted by Crippen LogP contribution is 2.31. The molecule has 22 heavy (non-hydrogen) atoms. The Labute approximate surface area is 133 Å². The summed E-state index contributed by atoms with van der Waals surface area (Å²) in [6.45, 7) is 5.40. The summed E-state index contributed by atoms with van der Waals surface area (Å²) in [7, 11) is 0. The topological polar surface area (TPSA) is 33.2 Å². The highest BCUT2D eigenvalue weighted by molar-refractivity contribution is 7.11. The molecule has 1 aromatic carbocycles. The van der Waals surface area contributed by atoms with E-state index in [-0.39, 0.29) is 17.4 Å². The Morgan fingerprint density at radius 2 is 2.14 bits per heavy atom. The Bertz CT molecular complexity index is 678. The molecule has 116 valence electrons. The molecule has 0 bridgehead atoms. The quantitative estimate of drug-likeness (QED) is 0.841. The van der Waals surface area contributed by atoms with Gasteiger partial charge in [0.25, 0.3) is 5.91 Å². The van der Waals surface area contributed by atoms with E-state index in [2.05, 4.69) is 11.9 Å². The van der Waals surface area contributed by atoms with Crippen LogP contribution in [0.2, 0.25) is 0 Å². The first kappa shape index (κ1) is 15.2. The minimum atomic E-state index is -0.449. The number of piperidine rings is 1. The van der Waals surface area contributed by atoms with Gasteiger partial charge in [0.2, 0.25) is 0 Å². The van der Waals surface area contributed by atoms with Gasteiger partial charge in [0, 0.05) is 23.9 Å². The zero-order valence-corrected chi connectivity index (χ0v) is 13.6. The second kappa shape index (κ2) is 6.16. The van der Waals surface area contributed by atoms with Crippen molar-refractivity contribution >= 4 is 17.2 Å². The van der Waals surface area contributed by atoms with Gasteiger partial charge < -0.3 is 4.90 Å². The van der Waals surface area contributed by atoms with Gasteiger partial charge in [-0.25, -0.2) is 9.37 Å². The molecule has 0 aliphatic carbocycles. The van der Waals surface area contributed by atoms with Gasteiger partial charge in [0.15, 0.2) is 0 Å². The number of aryl methyl sites for hydroxylation is 2. The number of rotatable bonds is 2. The summed E-state index contributed by atoms with van der Waals surface area (Å²) in [5, 5.41) is 1.10. The van der Waals surface area contributed by atoms with E-state index in [0.29, 0.717) is 13.1 Å². The molecule has 2 heterocycles. The van der Waals surface area contributed by atoms with E-state index in [9.17, 15) is 9.18 Å². The zero-order chi connectivity index (χ0) is 15.7. The fourth-order valence-corrected chi connectivity index (χ4v) is 3.89. The molecule has 5 heteroatoms. The van der Waals surface area contributed by atoms with Gasteiger partial charge >= 0.3 is 0 Å². The largest absolute Gasteiger partial charge is 0.338 e. The number of carbonyl (C=O) groups is 1. The smallest absolute Gasteiger partial charge is 0.256 e. The number of thiazole rings is 1. The second-order valence-electron chi connectivity index (χ2n) is 5.76. The van der Waals surface area contributed by atoms with Crippen LogP contribution in [0.5, 0.6) is 0 Å². The Hall–Kier alpha value is -1.75. The van der Waals surface area contributed by atoms with E-state index in [1.165, 1.54) is 10.9 Å². The number of hydrogen-bond donors (Lipinski definition) is 0. The monoisotopic (exact) mass is 318 g/mol. The molecule has 1 aromatic heterocycles. The number of hydrogen-bond acceptors (Lipinski definition) is 3. The van der Waals surface area contributed by atoms with Crippen molar-refractivity contribution in [2.75, 3.05) is 13.1 Å². The molecule has 0 unspecified atom stereocenters. The average Bonchev–Trinajstić information content (AvgIpc) is 2.87. The fourth-order valence-electron chi connectivity index (χ4n) is 2.84. The lowest BCUT2D eigenvalue weighted by Crippen LogP contribution is -2.39. The van der Waals surface area contributed by atoms with E-state index < -0.39 is 5.82 Å². The van der Waals surface area contributed by atoms with Gasteiger partial charge in [-0.15, -0.1) is 11.3 Å². The highest BCUT2D eigenvalue weighted by Gasteiger charge is 2.28. The molecule has 1 atom stereocenters. The number of nitrogens with zero attached hydrogens (tertiary/aromatic N) is 2. The third-order valence-electron chi connectivity index (χ3n) is 4.21. The highest BCUT2D eigenvalue weighted by atomic mass is 32.1. The molecule has 0 radical (unpaired) electrons. The molecular formula is C17H19FN2OS. The molecule has 2 aromatic rings. The van der Waals surface area contributed by atoms with Crippen LogP contribution >= 0.6 is 11.3 Å². The van der Waals surface area contributed by atoms with Crippen LogP contribution in [-0.2, 0) is 0 Å². The molecule has 1 saturated heterocycles. The average molecular weight is 318 g/mol. The Kier molecular flexibility index (Phi) is 4.25. The van der Waals surface area contributed by atoms with E-state index in [1.54, 1.807) is 34.4 Å². The second-order valence-corrected chi connectivity index (χ2v) is 7.00. The van der Waals surface area contributed by atoms with Crippen LogP contribution in [0.4, 0.5) is 4.39 Å². The Balaban J connectivity index is 1.78. The summed E-state index contributed by atoms with van der Waals surface area (Å²) in [6.07, 6.45) is 1.97. The Morgan fingerprint density at radius 1 is 1.36 bits per heavy atom.